The summed E-state index contributed by atoms with van der Waals surface area (Å²) in [6.45, 7) is 1.75. The average molecular weight is 188 g/mol. The number of nitrogens with zero attached hydrogens (tertiary/aromatic N) is 1. The first-order valence-corrected chi connectivity index (χ1v) is 3.74. The van der Waals surface area contributed by atoms with Crippen LogP contribution in [0.2, 0.25) is 0 Å². The largest absolute Gasteiger partial charge is 0.506 e. The lowest BCUT2D eigenvalue weighted by molar-refractivity contribution is 0.141. The third kappa shape index (κ3) is 1.92. The van der Waals surface area contributed by atoms with Gasteiger partial charge in [0.1, 0.15) is 11.4 Å². The maximum Gasteiger partial charge on any atom is 0.284 e. The fraction of sp³-hybridized carbons (Fsp3) is 0.375. The van der Waals surface area contributed by atoms with Crippen LogP contribution in [0.1, 0.15) is 23.4 Å². The molecule has 1 aromatic heterocycles. The topological polar surface area (TPSA) is 59.1 Å². The molecule has 13 heavy (non-hydrogen) atoms. The molecule has 0 atom stereocenters. The molecule has 5 heteroatoms. The van der Waals surface area contributed by atoms with Crippen molar-refractivity contribution in [3.63, 3.8) is 0 Å². The van der Waals surface area contributed by atoms with Crippen LogP contribution in [0.5, 0.6) is 5.75 Å². The number of pyridine rings is 1. The first-order chi connectivity index (χ1) is 6.06. The minimum Gasteiger partial charge on any atom is -0.506 e. The van der Waals surface area contributed by atoms with Crippen molar-refractivity contribution in [2.24, 2.45) is 5.73 Å². The zero-order valence-corrected chi connectivity index (χ0v) is 7.09. The predicted molar refractivity (Wildman–Crippen MR) is 43.5 cm³/mol. The second-order valence-electron chi connectivity index (χ2n) is 2.66. The standard InChI is InChI=1S/C8H10F2N2O/c1-4-2-6(13)7(8(9)10)12-5(4)3-11/h2,8,13H,3,11H2,1H3. The Kier molecular flexibility index (Phi) is 2.77. The molecule has 0 saturated carbocycles. The molecule has 0 spiro atoms. The van der Waals surface area contributed by atoms with Crippen molar-refractivity contribution in [1.29, 1.82) is 0 Å². The van der Waals surface area contributed by atoms with Crippen LogP contribution in [0.3, 0.4) is 0 Å². The Balaban J connectivity index is 3.22. The zero-order chi connectivity index (χ0) is 10.0. The highest BCUT2D eigenvalue weighted by Crippen LogP contribution is 2.27. The highest BCUT2D eigenvalue weighted by atomic mass is 19.3. The first kappa shape index (κ1) is 9.85. The molecule has 0 fully saturated rings. The van der Waals surface area contributed by atoms with Crippen molar-refractivity contribution >= 4 is 0 Å². The maximum absolute atomic E-state index is 12.2. The molecule has 72 valence electrons. The molecule has 1 rings (SSSR count). The fourth-order valence-electron chi connectivity index (χ4n) is 1.02. The van der Waals surface area contributed by atoms with E-state index in [4.69, 9.17) is 10.8 Å². The number of hydrogen-bond acceptors (Lipinski definition) is 3. The van der Waals surface area contributed by atoms with E-state index < -0.39 is 17.9 Å². The molecule has 0 radical (unpaired) electrons. The van der Waals surface area contributed by atoms with Crippen LogP contribution in [0.4, 0.5) is 8.78 Å². The van der Waals surface area contributed by atoms with E-state index >= 15 is 0 Å². The molecule has 0 aromatic carbocycles. The summed E-state index contributed by atoms with van der Waals surface area (Å²) in [6.07, 6.45) is -2.77. The predicted octanol–water partition coefficient (Wildman–Crippen LogP) is 1.49. The lowest BCUT2D eigenvalue weighted by atomic mass is 10.2. The number of aromatic hydroxyl groups is 1. The Morgan fingerprint density at radius 2 is 2.23 bits per heavy atom. The molecule has 0 aliphatic carbocycles. The molecule has 0 bridgehead atoms. The van der Waals surface area contributed by atoms with Gasteiger partial charge in [0.2, 0.25) is 0 Å². The van der Waals surface area contributed by atoms with Crippen molar-refractivity contribution in [2.45, 2.75) is 19.9 Å². The van der Waals surface area contributed by atoms with Gasteiger partial charge in [-0.15, -0.1) is 0 Å². The van der Waals surface area contributed by atoms with E-state index in [9.17, 15) is 8.78 Å². The van der Waals surface area contributed by atoms with Crippen LogP contribution in [0.25, 0.3) is 0 Å². The van der Waals surface area contributed by atoms with Crippen molar-refractivity contribution in [1.82, 2.24) is 4.98 Å². The van der Waals surface area contributed by atoms with Gasteiger partial charge in [0, 0.05) is 6.54 Å². The number of halogens is 2. The van der Waals surface area contributed by atoms with Crippen LogP contribution >= 0.6 is 0 Å². The van der Waals surface area contributed by atoms with Crippen LogP contribution in [-0.4, -0.2) is 10.1 Å². The normalized spacial score (nSPS) is 10.8. The summed E-state index contributed by atoms with van der Waals surface area (Å²) in [7, 11) is 0. The van der Waals surface area contributed by atoms with Crippen molar-refractivity contribution in [3.05, 3.63) is 23.0 Å². The number of hydrogen-bond donors (Lipinski definition) is 2. The lowest BCUT2D eigenvalue weighted by Crippen LogP contribution is -2.05. The SMILES string of the molecule is Cc1cc(O)c(C(F)F)nc1CN. The summed E-state index contributed by atoms with van der Waals surface area (Å²) >= 11 is 0. The van der Waals surface area contributed by atoms with Gasteiger partial charge in [-0.2, -0.15) is 0 Å². The van der Waals surface area contributed by atoms with E-state index in [0.29, 0.717) is 11.3 Å². The van der Waals surface area contributed by atoms with Crippen molar-refractivity contribution in [2.75, 3.05) is 0 Å². The van der Waals surface area contributed by atoms with Crippen LogP contribution in [0.15, 0.2) is 6.07 Å². The Morgan fingerprint density at radius 1 is 1.62 bits per heavy atom. The van der Waals surface area contributed by atoms with Crippen molar-refractivity contribution < 1.29 is 13.9 Å². The highest BCUT2D eigenvalue weighted by molar-refractivity contribution is 5.34. The van der Waals surface area contributed by atoms with Crippen molar-refractivity contribution in [3.8, 4) is 5.75 Å². The summed E-state index contributed by atoms with van der Waals surface area (Å²) < 4.78 is 24.4. The van der Waals surface area contributed by atoms with Gasteiger partial charge < -0.3 is 10.8 Å². The number of rotatable bonds is 2. The van der Waals surface area contributed by atoms with Gasteiger partial charge in [0.15, 0.2) is 0 Å². The molecule has 0 aliphatic rings. The monoisotopic (exact) mass is 188 g/mol. The quantitative estimate of drug-likeness (QED) is 0.739. The Bertz CT molecular complexity index is 315. The second-order valence-corrected chi connectivity index (χ2v) is 2.66. The molecular formula is C8H10F2N2O. The fourth-order valence-corrected chi connectivity index (χ4v) is 1.02. The molecule has 1 aromatic rings. The third-order valence-corrected chi connectivity index (χ3v) is 1.73. The van der Waals surface area contributed by atoms with Gasteiger partial charge in [-0.25, -0.2) is 13.8 Å². The molecule has 1 heterocycles. The first-order valence-electron chi connectivity index (χ1n) is 3.74. The molecule has 0 saturated heterocycles. The highest BCUT2D eigenvalue weighted by Gasteiger charge is 2.16. The third-order valence-electron chi connectivity index (χ3n) is 1.73. The van der Waals surface area contributed by atoms with E-state index in [1.807, 2.05) is 0 Å². The van der Waals surface area contributed by atoms with E-state index in [1.54, 1.807) is 6.92 Å². The molecule has 0 amide bonds. The summed E-state index contributed by atoms with van der Waals surface area (Å²) in [5.74, 6) is -0.482. The number of aryl methyl sites for hydroxylation is 1. The minimum atomic E-state index is -2.77. The second kappa shape index (κ2) is 3.66. The maximum atomic E-state index is 12.2. The summed E-state index contributed by atoms with van der Waals surface area (Å²) in [6, 6.07) is 1.25. The van der Waals surface area contributed by atoms with Gasteiger partial charge >= 0.3 is 0 Å². The van der Waals surface area contributed by atoms with Gasteiger partial charge in [0.25, 0.3) is 6.43 Å². The summed E-state index contributed by atoms with van der Waals surface area (Å²) in [4.78, 5) is 3.56. The van der Waals surface area contributed by atoms with Crippen LogP contribution in [-0.2, 0) is 6.54 Å². The van der Waals surface area contributed by atoms with E-state index in [2.05, 4.69) is 4.98 Å². The zero-order valence-electron chi connectivity index (χ0n) is 7.09. The van der Waals surface area contributed by atoms with Gasteiger partial charge in [-0.05, 0) is 18.6 Å². The Hall–Kier alpha value is -1.23. The average Bonchev–Trinajstić information content (AvgIpc) is 2.03. The minimum absolute atomic E-state index is 0.0891. The molecule has 0 unspecified atom stereocenters. The summed E-state index contributed by atoms with van der Waals surface area (Å²) in [5, 5.41) is 9.10. The van der Waals surface area contributed by atoms with E-state index in [-0.39, 0.29) is 6.54 Å². The number of alkyl halides is 2. The molecular weight excluding hydrogens is 178 g/mol. The Morgan fingerprint density at radius 3 is 2.69 bits per heavy atom. The molecule has 0 aliphatic heterocycles. The molecule has 3 nitrogen and oxygen atoms in total. The van der Waals surface area contributed by atoms with Gasteiger partial charge in [0.05, 0.1) is 5.69 Å². The van der Waals surface area contributed by atoms with Crippen LogP contribution < -0.4 is 5.73 Å². The lowest BCUT2D eigenvalue weighted by Gasteiger charge is -2.07. The van der Waals surface area contributed by atoms with Crippen LogP contribution in [0, 0.1) is 6.92 Å². The van der Waals surface area contributed by atoms with E-state index in [0.717, 1.165) is 0 Å². The number of aromatic nitrogens is 1. The smallest absolute Gasteiger partial charge is 0.284 e. The van der Waals surface area contributed by atoms with Gasteiger partial charge in [-0.1, -0.05) is 0 Å². The van der Waals surface area contributed by atoms with E-state index in [1.165, 1.54) is 6.07 Å². The van der Waals surface area contributed by atoms with Gasteiger partial charge in [-0.3, -0.25) is 0 Å². The number of nitrogens with two attached hydrogens (primary N) is 1. The Labute approximate surface area is 74.2 Å². The molecule has 3 N–H and O–H groups in total. The summed E-state index contributed by atoms with van der Waals surface area (Å²) in [5.41, 5.74) is 5.67.